The van der Waals surface area contributed by atoms with Gasteiger partial charge in [-0.05, 0) is 38.2 Å². The summed E-state index contributed by atoms with van der Waals surface area (Å²) < 4.78 is 5.77. The molecule has 2 N–H and O–H groups in total. The van der Waals surface area contributed by atoms with E-state index in [0.29, 0.717) is 12.5 Å². The third-order valence-electron chi connectivity index (χ3n) is 4.66. The van der Waals surface area contributed by atoms with Gasteiger partial charge in [0.2, 0.25) is 0 Å². The van der Waals surface area contributed by atoms with Gasteiger partial charge in [0.15, 0.2) is 11.1 Å². The fourth-order valence-corrected chi connectivity index (χ4v) is 3.73. The number of aromatic nitrogens is 1. The van der Waals surface area contributed by atoms with E-state index in [0.717, 1.165) is 62.2 Å². The van der Waals surface area contributed by atoms with E-state index in [9.17, 15) is 0 Å². The highest BCUT2D eigenvalue weighted by atomic mass is 127. The van der Waals surface area contributed by atoms with E-state index in [1.54, 1.807) is 11.3 Å². The fourth-order valence-electron chi connectivity index (χ4n) is 3.03. The van der Waals surface area contributed by atoms with Crippen LogP contribution in [-0.4, -0.2) is 74.2 Å². The van der Waals surface area contributed by atoms with Crippen LogP contribution in [0.2, 0.25) is 0 Å². The normalized spacial score (nSPS) is 14.8. The molecule has 0 saturated carbocycles. The van der Waals surface area contributed by atoms with Crippen LogP contribution in [0.15, 0.2) is 40.8 Å². The Kier molecular flexibility index (Phi) is 9.95. The molecule has 0 aliphatic carbocycles. The molecule has 9 heteroatoms. The van der Waals surface area contributed by atoms with Gasteiger partial charge in [-0.3, -0.25) is 0 Å². The lowest BCUT2D eigenvalue weighted by Gasteiger charge is -2.35. The van der Waals surface area contributed by atoms with Gasteiger partial charge in [0.1, 0.15) is 5.75 Å². The van der Waals surface area contributed by atoms with Crippen LogP contribution >= 0.6 is 35.3 Å². The maximum atomic E-state index is 6.21. The van der Waals surface area contributed by atoms with E-state index in [4.69, 9.17) is 10.5 Å². The molecule has 1 aliphatic rings. The van der Waals surface area contributed by atoms with Crippen molar-refractivity contribution in [3.05, 3.63) is 41.4 Å². The van der Waals surface area contributed by atoms with Crippen LogP contribution in [0.25, 0.3) is 0 Å². The summed E-state index contributed by atoms with van der Waals surface area (Å²) in [6.07, 6.45) is 2.87. The molecule has 0 atom stereocenters. The largest absolute Gasteiger partial charge is 0.494 e. The van der Waals surface area contributed by atoms with Crippen LogP contribution < -0.4 is 15.4 Å². The van der Waals surface area contributed by atoms with Crippen LogP contribution in [0.3, 0.4) is 0 Å². The van der Waals surface area contributed by atoms with Crippen LogP contribution in [0, 0.1) is 0 Å². The van der Waals surface area contributed by atoms with Gasteiger partial charge in [-0.2, -0.15) is 0 Å². The van der Waals surface area contributed by atoms with Crippen molar-refractivity contribution in [2.24, 2.45) is 10.7 Å². The number of nitrogens with two attached hydrogens (primary N) is 1. The van der Waals surface area contributed by atoms with Crippen LogP contribution in [0.1, 0.15) is 12.0 Å². The number of benzene rings is 1. The van der Waals surface area contributed by atoms with Gasteiger partial charge in [0.25, 0.3) is 0 Å². The topological polar surface area (TPSA) is 70.2 Å². The Labute approximate surface area is 194 Å². The molecular weight excluding hydrogens is 499 g/mol. The Balaban J connectivity index is 0.00000300. The second kappa shape index (κ2) is 12.2. The molecule has 0 radical (unpaired) electrons. The molecule has 3 rings (SSSR count). The summed E-state index contributed by atoms with van der Waals surface area (Å²) in [4.78, 5) is 15.6. The smallest absolute Gasteiger partial charge is 0.191 e. The monoisotopic (exact) mass is 530 g/mol. The Morgan fingerprint density at radius 3 is 2.55 bits per heavy atom. The molecule has 29 heavy (non-hydrogen) atoms. The lowest BCUT2D eigenvalue weighted by molar-refractivity contribution is 0.281. The molecule has 1 saturated heterocycles. The molecule has 0 bridgehead atoms. The van der Waals surface area contributed by atoms with Crippen LogP contribution in [0.5, 0.6) is 5.75 Å². The summed E-state index contributed by atoms with van der Waals surface area (Å²) in [6, 6.07) is 8.12. The van der Waals surface area contributed by atoms with Crippen LogP contribution in [-0.2, 0) is 6.54 Å². The number of guanidine groups is 1. The fraction of sp³-hybridized carbons (Fsp3) is 0.500. The molecule has 0 unspecified atom stereocenters. The lowest BCUT2D eigenvalue weighted by Crippen LogP contribution is -2.51. The van der Waals surface area contributed by atoms with Gasteiger partial charge in [-0.1, -0.05) is 12.1 Å². The minimum Gasteiger partial charge on any atom is -0.494 e. The van der Waals surface area contributed by atoms with Crippen molar-refractivity contribution in [3.8, 4) is 5.75 Å². The SMILES string of the molecule is CN(C)CCCOc1ccc(CN=C(N)N2CCN(c3nccs3)CC2)cc1.I. The van der Waals surface area contributed by atoms with Crippen LogP contribution in [0.4, 0.5) is 5.13 Å². The zero-order chi connectivity index (χ0) is 19.8. The Morgan fingerprint density at radius 1 is 1.21 bits per heavy atom. The van der Waals surface area contributed by atoms with E-state index in [2.05, 4.69) is 50.9 Å². The second-order valence-corrected chi connectivity index (χ2v) is 7.99. The number of hydrogen-bond donors (Lipinski definition) is 1. The number of anilines is 1. The quantitative estimate of drug-likeness (QED) is 0.245. The summed E-state index contributed by atoms with van der Waals surface area (Å²) >= 11 is 1.68. The first kappa shape index (κ1) is 23.7. The first-order valence-electron chi connectivity index (χ1n) is 9.67. The molecule has 0 amide bonds. The zero-order valence-corrected chi connectivity index (χ0v) is 20.3. The van der Waals surface area contributed by atoms with Gasteiger partial charge < -0.3 is 25.2 Å². The number of ether oxygens (including phenoxy) is 1. The standard InChI is InChI=1S/C20H30N6OS.HI/c1-24(2)9-3-14-27-18-6-4-17(5-7-18)16-23-19(21)25-10-12-26(13-11-25)20-22-8-15-28-20;/h4-8,15H,3,9-14,16H2,1-2H3,(H2,21,23);1H. The van der Waals surface area contributed by atoms with Gasteiger partial charge in [-0.25, -0.2) is 9.98 Å². The molecule has 1 aliphatic heterocycles. The number of nitrogens with zero attached hydrogens (tertiary/aromatic N) is 5. The van der Waals surface area contributed by atoms with Crippen molar-refractivity contribution in [2.45, 2.75) is 13.0 Å². The average molecular weight is 530 g/mol. The van der Waals surface area contributed by atoms with E-state index < -0.39 is 0 Å². The van der Waals surface area contributed by atoms with Gasteiger partial charge >= 0.3 is 0 Å². The first-order valence-corrected chi connectivity index (χ1v) is 10.6. The minimum atomic E-state index is 0. The number of halogens is 1. The average Bonchev–Trinajstić information content (AvgIpc) is 3.25. The number of rotatable bonds is 8. The van der Waals surface area contributed by atoms with Crippen molar-refractivity contribution in [2.75, 3.05) is 58.3 Å². The van der Waals surface area contributed by atoms with Crippen molar-refractivity contribution < 1.29 is 4.74 Å². The zero-order valence-electron chi connectivity index (χ0n) is 17.2. The molecule has 1 aromatic carbocycles. The number of aliphatic imine (C=N–C) groups is 1. The number of thiazole rings is 1. The van der Waals surface area contributed by atoms with Crippen molar-refractivity contribution in [1.82, 2.24) is 14.8 Å². The molecule has 2 heterocycles. The molecule has 7 nitrogen and oxygen atoms in total. The Bertz CT molecular complexity index is 730. The van der Waals surface area contributed by atoms with Gasteiger partial charge in [0.05, 0.1) is 13.2 Å². The molecule has 160 valence electrons. The van der Waals surface area contributed by atoms with E-state index in [1.807, 2.05) is 23.7 Å². The Morgan fingerprint density at radius 2 is 1.93 bits per heavy atom. The van der Waals surface area contributed by atoms with E-state index in [1.165, 1.54) is 0 Å². The number of hydrogen-bond acceptors (Lipinski definition) is 6. The Hall–Kier alpha value is -1.59. The maximum Gasteiger partial charge on any atom is 0.191 e. The maximum absolute atomic E-state index is 6.21. The third-order valence-corrected chi connectivity index (χ3v) is 5.49. The van der Waals surface area contributed by atoms with Crippen molar-refractivity contribution in [1.29, 1.82) is 0 Å². The molecule has 1 fully saturated rings. The minimum absolute atomic E-state index is 0. The second-order valence-electron chi connectivity index (χ2n) is 7.11. The molecular formula is C20H31IN6OS. The summed E-state index contributed by atoms with van der Waals surface area (Å²) in [5.41, 5.74) is 7.34. The highest BCUT2D eigenvalue weighted by Gasteiger charge is 2.19. The summed E-state index contributed by atoms with van der Waals surface area (Å²) in [5.74, 6) is 1.51. The first-order chi connectivity index (χ1) is 13.6. The molecule has 1 aromatic heterocycles. The predicted molar refractivity (Wildman–Crippen MR) is 132 cm³/mol. The van der Waals surface area contributed by atoms with E-state index >= 15 is 0 Å². The third kappa shape index (κ3) is 7.63. The lowest BCUT2D eigenvalue weighted by atomic mass is 10.2. The molecule has 2 aromatic rings. The van der Waals surface area contributed by atoms with E-state index in [-0.39, 0.29) is 24.0 Å². The number of piperazine rings is 1. The summed E-state index contributed by atoms with van der Waals surface area (Å²) in [6.45, 7) is 5.93. The molecule has 0 spiro atoms. The van der Waals surface area contributed by atoms with Gasteiger partial charge in [0, 0.05) is 44.3 Å². The highest BCUT2D eigenvalue weighted by molar-refractivity contribution is 14.0. The predicted octanol–water partition coefficient (Wildman–Crippen LogP) is 2.73. The van der Waals surface area contributed by atoms with Crippen molar-refractivity contribution in [3.63, 3.8) is 0 Å². The van der Waals surface area contributed by atoms with Gasteiger partial charge in [-0.15, -0.1) is 35.3 Å². The van der Waals surface area contributed by atoms with Crippen molar-refractivity contribution >= 4 is 46.4 Å². The summed E-state index contributed by atoms with van der Waals surface area (Å²) in [7, 11) is 4.14. The highest BCUT2D eigenvalue weighted by Crippen LogP contribution is 2.19. The summed E-state index contributed by atoms with van der Waals surface area (Å²) in [5, 5.41) is 3.09.